The summed E-state index contributed by atoms with van der Waals surface area (Å²) in [5, 5.41) is 7.90. The molecule has 0 saturated heterocycles. The van der Waals surface area contributed by atoms with Crippen LogP contribution in [0.5, 0.6) is 0 Å². The summed E-state index contributed by atoms with van der Waals surface area (Å²) in [6.07, 6.45) is 8.87. The third kappa shape index (κ3) is 3.80. The summed E-state index contributed by atoms with van der Waals surface area (Å²) in [6, 6.07) is 2.21. The molecule has 1 N–H and O–H groups in total. The monoisotopic (exact) mass is 221 g/mol. The Hall–Kier alpha value is -0.600. The van der Waals surface area contributed by atoms with Gasteiger partial charge in [-0.1, -0.05) is 11.6 Å². The number of thiophene rings is 1. The van der Waals surface area contributed by atoms with Crippen LogP contribution in [-0.4, -0.2) is 13.1 Å². The predicted octanol–water partition coefficient (Wildman–Crippen LogP) is 3.38. The van der Waals surface area contributed by atoms with Gasteiger partial charge in [0.1, 0.15) is 0 Å². The highest BCUT2D eigenvalue weighted by Gasteiger charge is 2.03. The van der Waals surface area contributed by atoms with E-state index in [1.165, 1.54) is 37.7 Å². The summed E-state index contributed by atoms with van der Waals surface area (Å²) in [4.78, 5) is 0. The molecule has 0 radical (unpaired) electrons. The third-order valence-corrected chi connectivity index (χ3v) is 3.66. The molecule has 0 fully saturated rings. The molecule has 0 saturated carbocycles. The Morgan fingerprint density at radius 2 is 2.20 bits per heavy atom. The third-order valence-electron chi connectivity index (χ3n) is 2.93. The summed E-state index contributed by atoms with van der Waals surface area (Å²) in [5.74, 6) is 0. The largest absolute Gasteiger partial charge is 0.316 e. The average molecular weight is 221 g/mol. The van der Waals surface area contributed by atoms with Crippen LogP contribution in [0.3, 0.4) is 0 Å². The zero-order valence-electron chi connectivity index (χ0n) is 9.17. The molecular formula is C13H19NS. The molecule has 0 spiro atoms. The zero-order valence-corrected chi connectivity index (χ0v) is 9.98. The van der Waals surface area contributed by atoms with Crippen LogP contribution in [0.2, 0.25) is 0 Å². The Morgan fingerprint density at radius 1 is 1.27 bits per heavy atom. The molecule has 1 aromatic heterocycles. The van der Waals surface area contributed by atoms with Crippen LogP contribution < -0.4 is 5.32 Å². The second kappa shape index (κ2) is 6.09. The van der Waals surface area contributed by atoms with Crippen molar-refractivity contribution in [3.63, 3.8) is 0 Å². The van der Waals surface area contributed by atoms with Crippen LogP contribution in [0.1, 0.15) is 31.2 Å². The van der Waals surface area contributed by atoms with Gasteiger partial charge in [0.15, 0.2) is 0 Å². The van der Waals surface area contributed by atoms with E-state index < -0.39 is 0 Å². The minimum Gasteiger partial charge on any atom is -0.316 e. The van der Waals surface area contributed by atoms with Gasteiger partial charge in [-0.3, -0.25) is 0 Å². The highest BCUT2D eigenvalue weighted by atomic mass is 32.1. The number of rotatable bonds is 6. The molecule has 1 aliphatic carbocycles. The van der Waals surface area contributed by atoms with Gasteiger partial charge < -0.3 is 5.32 Å². The van der Waals surface area contributed by atoms with Crippen molar-refractivity contribution in [2.24, 2.45) is 0 Å². The molecular weight excluding hydrogens is 202 g/mol. The molecule has 1 heterocycles. The lowest BCUT2D eigenvalue weighted by molar-refractivity contribution is 0.672. The summed E-state index contributed by atoms with van der Waals surface area (Å²) in [5.41, 5.74) is 3.13. The smallest absolute Gasteiger partial charge is 0.000793 e. The van der Waals surface area contributed by atoms with Crippen molar-refractivity contribution >= 4 is 11.3 Å². The van der Waals surface area contributed by atoms with Gasteiger partial charge >= 0.3 is 0 Å². The molecule has 0 aromatic carbocycles. The van der Waals surface area contributed by atoms with Gasteiger partial charge in [0.05, 0.1) is 0 Å². The van der Waals surface area contributed by atoms with Crippen LogP contribution in [-0.2, 0) is 6.42 Å². The molecule has 1 aliphatic rings. The van der Waals surface area contributed by atoms with Crippen molar-refractivity contribution < 1.29 is 0 Å². The van der Waals surface area contributed by atoms with Crippen LogP contribution in [0.15, 0.2) is 28.5 Å². The minimum atomic E-state index is 1.12. The van der Waals surface area contributed by atoms with Crippen LogP contribution in [0.4, 0.5) is 0 Å². The fourth-order valence-electron chi connectivity index (χ4n) is 2.01. The maximum absolute atomic E-state index is 3.51. The second-order valence-corrected chi connectivity index (χ2v) is 4.92. The Morgan fingerprint density at radius 3 is 2.93 bits per heavy atom. The molecule has 0 unspecified atom stereocenters. The number of hydrogen-bond acceptors (Lipinski definition) is 2. The lowest BCUT2D eigenvalue weighted by atomic mass is 10.1. The lowest BCUT2D eigenvalue weighted by Gasteiger charge is -2.04. The van der Waals surface area contributed by atoms with Crippen molar-refractivity contribution in [2.45, 2.75) is 32.1 Å². The number of hydrogen-bond donors (Lipinski definition) is 1. The fourth-order valence-corrected chi connectivity index (χ4v) is 2.71. The predicted molar refractivity (Wildman–Crippen MR) is 67.4 cm³/mol. The Labute approximate surface area is 96.2 Å². The highest BCUT2D eigenvalue weighted by molar-refractivity contribution is 7.07. The first kappa shape index (κ1) is 10.9. The molecule has 0 aliphatic heterocycles. The van der Waals surface area contributed by atoms with Crippen molar-refractivity contribution in [3.05, 3.63) is 34.0 Å². The first-order chi connectivity index (χ1) is 7.45. The van der Waals surface area contributed by atoms with E-state index in [0.29, 0.717) is 0 Å². The van der Waals surface area contributed by atoms with Gasteiger partial charge in [-0.2, -0.15) is 11.3 Å². The topological polar surface area (TPSA) is 12.0 Å². The van der Waals surface area contributed by atoms with Gasteiger partial charge in [0.25, 0.3) is 0 Å². The van der Waals surface area contributed by atoms with Crippen LogP contribution in [0.25, 0.3) is 0 Å². The highest BCUT2D eigenvalue weighted by Crippen LogP contribution is 2.19. The molecule has 15 heavy (non-hydrogen) atoms. The van der Waals surface area contributed by atoms with E-state index in [-0.39, 0.29) is 0 Å². The van der Waals surface area contributed by atoms with E-state index in [0.717, 1.165) is 13.1 Å². The standard InChI is InChI=1S/C13H19NS/c1-2-4-12(3-1)5-8-14-9-6-13-7-10-15-11-13/h3,7,10-11,14H,1-2,4-6,8-9H2. The Bertz CT molecular complexity index is 300. The molecule has 0 atom stereocenters. The van der Waals surface area contributed by atoms with E-state index >= 15 is 0 Å². The van der Waals surface area contributed by atoms with Gasteiger partial charge in [0, 0.05) is 0 Å². The molecule has 2 heteroatoms. The Balaban J connectivity index is 1.52. The van der Waals surface area contributed by atoms with E-state index in [1.807, 2.05) is 0 Å². The first-order valence-corrected chi connectivity index (χ1v) is 6.79. The van der Waals surface area contributed by atoms with Crippen molar-refractivity contribution in [1.29, 1.82) is 0 Å². The van der Waals surface area contributed by atoms with E-state index in [2.05, 4.69) is 28.2 Å². The van der Waals surface area contributed by atoms with Crippen LogP contribution >= 0.6 is 11.3 Å². The summed E-state index contributed by atoms with van der Waals surface area (Å²) in [7, 11) is 0. The lowest BCUT2D eigenvalue weighted by Crippen LogP contribution is -2.18. The van der Waals surface area contributed by atoms with Gasteiger partial charge in [-0.05, 0) is 67.6 Å². The van der Waals surface area contributed by atoms with E-state index in [1.54, 1.807) is 16.9 Å². The van der Waals surface area contributed by atoms with Crippen molar-refractivity contribution in [2.75, 3.05) is 13.1 Å². The fraction of sp³-hybridized carbons (Fsp3) is 0.538. The average Bonchev–Trinajstić information content (AvgIpc) is 2.88. The molecule has 0 amide bonds. The summed E-state index contributed by atoms with van der Waals surface area (Å²) < 4.78 is 0. The minimum absolute atomic E-state index is 1.12. The normalized spacial score (nSPS) is 15.6. The van der Waals surface area contributed by atoms with Gasteiger partial charge in [0.2, 0.25) is 0 Å². The van der Waals surface area contributed by atoms with E-state index in [4.69, 9.17) is 0 Å². The zero-order chi connectivity index (χ0) is 10.3. The molecule has 82 valence electrons. The van der Waals surface area contributed by atoms with Gasteiger partial charge in [-0.15, -0.1) is 0 Å². The molecule has 2 rings (SSSR count). The van der Waals surface area contributed by atoms with Crippen molar-refractivity contribution in [3.8, 4) is 0 Å². The van der Waals surface area contributed by atoms with Gasteiger partial charge in [-0.25, -0.2) is 0 Å². The second-order valence-electron chi connectivity index (χ2n) is 4.14. The summed E-state index contributed by atoms with van der Waals surface area (Å²) >= 11 is 1.79. The number of allylic oxidation sites excluding steroid dienone is 1. The van der Waals surface area contributed by atoms with Crippen LogP contribution in [0, 0.1) is 0 Å². The maximum atomic E-state index is 3.51. The first-order valence-electron chi connectivity index (χ1n) is 5.85. The maximum Gasteiger partial charge on any atom is -0.000793 e. The summed E-state index contributed by atoms with van der Waals surface area (Å²) in [6.45, 7) is 2.26. The van der Waals surface area contributed by atoms with Crippen molar-refractivity contribution in [1.82, 2.24) is 5.32 Å². The quantitative estimate of drug-likeness (QED) is 0.573. The molecule has 1 aromatic rings. The molecule has 0 bridgehead atoms. The van der Waals surface area contributed by atoms with E-state index in [9.17, 15) is 0 Å². The Kier molecular flexibility index (Phi) is 4.42. The SMILES string of the molecule is C1=C(CCNCCc2ccsc2)CCC1. The number of nitrogens with one attached hydrogen (secondary N) is 1. The molecule has 1 nitrogen and oxygen atoms in total.